The highest BCUT2D eigenvalue weighted by Crippen LogP contribution is 2.23. The Morgan fingerprint density at radius 2 is 1.72 bits per heavy atom. The zero-order valence-electron chi connectivity index (χ0n) is 9.24. The molecule has 90 valence electrons. The van der Waals surface area contributed by atoms with Crippen LogP contribution in [0.3, 0.4) is 0 Å². The Bertz CT molecular complexity index is 608. The van der Waals surface area contributed by atoms with Gasteiger partial charge in [0.05, 0.1) is 4.92 Å². The Kier molecular flexibility index (Phi) is 3.43. The summed E-state index contributed by atoms with van der Waals surface area (Å²) < 4.78 is 0. The van der Waals surface area contributed by atoms with Crippen LogP contribution in [0.1, 0.15) is 10.4 Å². The van der Waals surface area contributed by atoms with Gasteiger partial charge in [-0.3, -0.25) is 14.9 Å². The van der Waals surface area contributed by atoms with Gasteiger partial charge in [-0.2, -0.15) is 0 Å². The van der Waals surface area contributed by atoms with Crippen molar-refractivity contribution < 1.29 is 9.72 Å². The van der Waals surface area contributed by atoms with E-state index in [1.54, 1.807) is 30.3 Å². The first kappa shape index (κ1) is 12.3. The molecule has 0 spiro atoms. The zero-order valence-corrected chi connectivity index (χ0v) is 10.1. The summed E-state index contributed by atoms with van der Waals surface area (Å²) in [6, 6.07) is 13.1. The summed E-state index contributed by atoms with van der Waals surface area (Å²) in [5.74, 6) is 0. The third kappa shape index (κ3) is 2.57. The monoisotopic (exact) mass is 259 g/mol. The van der Waals surface area contributed by atoms with Crippen LogP contribution in [-0.4, -0.2) is 10.0 Å². The summed E-state index contributed by atoms with van der Waals surface area (Å²) in [6.07, 6.45) is 0. The topological polar surface area (TPSA) is 60.2 Å². The maximum Gasteiger partial charge on any atom is 0.269 e. The predicted octanol–water partition coefficient (Wildman–Crippen LogP) is 3.33. The van der Waals surface area contributed by atoms with Crippen LogP contribution in [0, 0.1) is 10.1 Å². The van der Waals surface area contributed by atoms with E-state index < -0.39 is 4.92 Å². The van der Waals surface area contributed by atoms with Crippen molar-refractivity contribution in [2.45, 2.75) is 0 Å². The Morgan fingerprint density at radius 1 is 1.06 bits per heavy atom. The number of hydrogen-bond acceptors (Lipinski definition) is 3. The van der Waals surface area contributed by atoms with Gasteiger partial charge in [-0.05, 0) is 29.3 Å². The van der Waals surface area contributed by atoms with Crippen LogP contribution in [-0.2, 0) is 0 Å². The quantitative estimate of drug-likeness (QED) is 0.522. The fourth-order valence-electron chi connectivity index (χ4n) is 1.61. The zero-order chi connectivity index (χ0) is 13.1. The minimum atomic E-state index is -0.447. The third-order valence-electron chi connectivity index (χ3n) is 2.52. The molecule has 0 aliphatic heterocycles. The normalized spacial score (nSPS) is 10.1. The number of nitrogens with zero attached hydrogens (tertiary/aromatic N) is 1. The van der Waals surface area contributed by atoms with Crippen LogP contribution >= 0.6 is 12.6 Å². The molecule has 0 bridgehead atoms. The highest BCUT2D eigenvalue weighted by molar-refractivity contribution is 7.97. The minimum Gasteiger partial charge on any atom is -0.282 e. The second-order valence-corrected chi connectivity index (χ2v) is 4.10. The van der Waals surface area contributed by atoms with Crippen molar-refractivity contribution in [3.05, 3.63) is 64.2 Å². The average molecular weight is 259 g/mol. The lowest BCUT2D eigenvalue weighted by Crippen LogP contribution is -1.90. The number of non-ortho nitro benzene ring substituents is 1. The summed E-state index contributed by atoms with van der Waals surface area (Å²) in [6.45, 7) is 0. The molecule has 0 amide bonds. The van der Waals surface area contributed by atoms with E-state index in [4.69, 9.17) is 0 Å². The van der Waals surface area contributed by atoms with Gasteiger partial charge in [0.2, 0.25) is 5.12 Å². The lowest BCUT2D eigenvalue weighted by Gasteiger charge is -2.03. The van der Waals surface area contributed by atoms with Gasteiger partial charge in [0.15, 0.2) is 0 Å². The van der Waals surface area contributed by atoms with Gasteiger partial charge in [-0.25, -0.2) is 0 Å². The molecule has 18 heavy (non-hydrogen) atoms. The van der Waals surface area contributed by atoms with Crippen LogP contribution in [0.2, 0.25) is 0 Å². The largest absolute Gasteiger partial charge is 0.282 e. The van der Waals surface area contributed by atoms with Gasteiger partial charge in [0, 0.05) is 17.7 Å². The standard InChI is InChI=1S/C13H9NO3S/c15-13(18)11-3-1-2-10(8-11)9-4-6-12(7-5-9)14(16)17/h1-8H,(H,15,18). The van der Waals surface area contributed by atoms with Crippen molar-refractivity contribution >= 4 is 23.4 Å². The number of nitro groups is 1. The van der Waals surface area contributed by atoms with Gasteiger partial charge >= 0.3 is 0 Å². The fraction of sp³-hybridized carbons (Fsp3) is 0. The number of rotatable bonds is 3. The molecular weight excluding hydrogens is 250 g/mol. The highest BCUT2D eigenvalue weighted by atomic mass is 32.1. The van der Waals surface area contributed by atoms with Gasteiger partial charge in [-0.1, -0.05) is 18.2 Å². The van der Waals surface area contributed by atoms with Crippen LogP contribution in [0.4, 0.5) is 5.69 Å². The van der Waals surface area contributed by atoms with Crippen molar-refractivity contribution in [3.63, 3.8) is 0 Å². The van der Waals surface area contributed by atoms with Crippen LogP contribution < -0.4 is 0 Å². The van der Waals surface area contributed by atoms with E-state index in [0.29, 0.717) is 5.56 Å². The maximum absolute atomic E-state index is 11.1. The molecule has 2 aromatic carbocycles. The van der Waals surface area contributed by atoms with Crippen molar-refractivity contribution in [3.8, 4) is 11.1 Å². The second-order valence-electron chi connectivity index (χ2n) is 3.69. The molecule has 0 aliphatic rings. The third-order valence-corrected chi connectivity index (χ3v) is 2.78. The smallest absolute Gasteiger partial charge is 0.269 e. The molecule has 0 saturated heterocycles. The molecule has 0 aromatic heterocycles. The average Bonchev–Trinajstić information content (AvgIpc) is 2.39. The Labute approximate surface area is 109 Å². The number of nitro benzene ring substituents is 1. The molecule has 0 aliphatic carbocycles. The van der Waals surface area contributed by atoms with E-state index in [0.717, 1.165) is 11.1 Å². The predicted molar refractivity (Wildman–Crippen MR) is 71.8 cm³/mol. The molecule has 0 saturated carbocycles. The first-order chi connectivity index (χ1) is 8.58. The van der Waals surface area contributed by atoms with E-state index >= 15 is 0 Å². The summed E-state index contributed by atoms with van der Waals surface area (Å²) in [7, 11) is 0. The Balaban J connectivity index is 2.39. The summed E-state index contributed by atoms with van der Waals surface area (Å²) in [5.41, 5.74) is 2.18. The number of benzene rings is 2. The Hall–Kier alpha value is -2.14. The van der Waals surface area contributed by atoms with Crippen molar-refractivity contribution in [1.82, 2.24) is 0 Å². The van der Waals surface area contributed by atoms with Gasteiger partial charge in [0.25, 0.3) is 5.69 Å². The van der Waals surface area contributed by atoms with E-state index in [1.807, 2.05) is 6.07 Å². The van der Waals surface area contributed by atoms with Crippen LogP contribution in [0.5, 0.6) is 0 Å². The second kappa shape index (κ2) is 5.01. The molecule has 0 heterocycles. The molecule has 0 N–H and O–H groups in total. The molecular formula is C13H9NO3S. The van der Waals surface area contributed by atoms with Crippen molar-refractivity contribution in [2.24, 2.45) is 0 Å². The molecule has 2 rings (SSSR count). The summed E-state index contributed by atoms with van der Waals surface area (Å²) >= 11 is 3.76. The first-order valence-corrected chi connectivity index (χ1v) is 5.61. The summed E-state index contributed by atoms with van der Waals surface area (Å²) in [4.78, 5) is 21.2. The molecule has 0 radical (unpaired) electrons. The van der Waals surface area contributed by atoms with E-state index in [-0.39, 0.29) is 10.8 Å². The first-order valence-electron chi connectivity index (χ1n) is 5.16. The highest BCUT2D eigenvalue weighted by Gasteiger charge is 2.06. The SMILES string of the molecule is O=C(S)c1cccc(-c2ccc([N+](=O)[O-])cc2)c1. The van der Waals surface area contributed by atoms with Gasteiger partial charge in [-0.15, -0.1) is 12.6 Å². The van der Waals surface area contributed by atoms with Crippen LogP contribution in [0.15, 0.2) is 48.5 Å². The molecule has 4 nitrogen and oxygen atoms in total. The lowest BCUT2D eigenvalue weighted by atomic mass is 10.0. The molecule has 0 atom stereocenters. The van der Waals surface area contributed by atoms with Gasteiger partial charge in [0.1, 0.15) is 0 Å². The van der Waals surface area contributed by atoms with Gasteiger partial charge < -0.3 is 0 Å². The molecule has 0 fully saturated rings. The molecule has 2 aromatic rings. The van der Waals surface area contributed by atoms with Crippen molar-refractivity contribution in [2.75, 3.05) is 0 Å². The van der Waals surface area contributed by atoms with E-state index in [9.17, 15) is 14.9 Å². The number of hydrogen-bond donors (Lipinski definition) is 1. The molecule has 5 heteroatoms. The number of carbonyl (C=O) groups is 1. The molecule has 0 unspecified atom stereocenters. The van der Waals surface area contributed by atoms with Crippen molar-refractivity contribution in [1.29, 1.82) is 0 Å². The van der Waals surface area contributed by atoms with E-state index in [2.05, 4.69) is 12.6 Å². The van der Waals surface area contributed by atoms with Crippen LogP contribution in [0.25, 0.3) is 11.1 Å². The Morgan fingerprint density at radius 3 is 2.28 bits per heavy atom. The van der Waals surface area contributed by atoms with E-state index in [1.165, 1.54) is 12.1 Å². The maximum atomic E-state index is 11.1. The number of carbonyl (C=O) groups excluding carboxylic acids is 1. The number of thiol groups is 1. The lowest BCUT2D eigenvalue weighted by molar-refractivity contribution is -0.384. The minimum absolute atomic E-state index is 0.0418. The summed E-state index contributed by atoms with van der Waals surface area (Å²) in [5, 5.41) is 10.2. The fourth-order valence-corrected chi connectivity index (χ4v) is 1.75.